The predicted octanol–water partition coefficient (Wildman–Crippen LogP) is 2.89. The average Bonchev–Trinajstić information content (AvgIpc) is 2.99. The first-order valence-electron chi connectivity index (χ1n) is 9.21. The van der Waals surface area contributed by atoms with Gasteiger partial charge in [0, 0.05) is 25.0 Å². The minimum Gasteiger partial charge on any atom is -0.457 e. The van der Waals surface area contributed by atoms with Crippen LogP contribution in [0, 0.1) is 0 Å². The van der Waals surface area contributed by atoms with E-state index in [0.717, 1.165) is 38.5 Å². The van der Waals surface area contributed by atoms with E-state index in [1.54, 1.807) is 0 Å². The van der Waals surface area contributed by atoms with Crippen molar-refractivity contribution in [1.29, 1.82) is 0 Å². The standard InChI is InChI=1S/C18H27NO5S/c20-15-9-7-5-3-1-2-4-6-8-13-10-18(24-15,11-16(21)23-13)14-12-25-17(22)19-14/h1-2,13-14,16,21H,3-12H2,(H,19,22)/t13-,14+,16-,18-/m1/s1. The molecule has 0 spiro atoms. The summed E-state index contributed by atoms with van der Waals surface area (Å²) in [7, 11) is 0. The van der Waals surface area contributed by atoms with Crippen molar-refractivity contribution in [1.82, 2.24) is 5.32 Å². The molecule has 0 aromatic heterocycles. The lowest BCUT2D eigenvalue weighted by molar-refractivity contribution is -0.235. The van der Waals surface area contributed by atoms with Crippen LogP contribution < -0.4 is 5.32 Å². The zero-order chi connectivity index (χ0) is 17.7. The summed E-state index contributed by atoms with van der Waals surface area (Å²) in [5, 5.41) is 13.1. The Morgan fingerprint density at radius 3 is 2.72 bits per heavy atom. The number of rotatable bonds is 1. The second-order valence-corrected chi connectivity index (χ2v) is 8.10. The lowest BCUT2D eigenvalue weighted by atomic mass is 9.82. The zero-order valence-electron chi connectivity index (χ0n) is 14.4. The van der Waals surface area contributed by atoms with Gasteiger partial charge >= 0.3 is 5.97 Å². The Balaban J connectivity index is 1.80. The molecule has 0 saturated carbocycles. The van der Waals surface area contributed by atoms with Gasteiger partial charge in [-0.1, -0.05) is 23.9 Å². The van der Waals surface area contributed by atoms with Crippen molar-refractivity contribution in [2.75, 3.05) is 5.75 Å². The fourth-order valence-electron chi connectivity index (χ4n) is 3.87. The quantitative estimate of drug-likeness (QED) is 0.546. The summed E-state index contributed by atoms with van der Waals surface area (Å²) in [4.78, 5) is 24.1. The first-order chi connectivity index (χ1) is 12.1. The van der Waals surface area contributed by atoms with Crippen molar-refractivity contribution in [3.63, 3.8) is 0 Å². The van der Waals surface area contributed by atoms with Gasteiger partial charge in [-0.15, -0.1) is 0 Å². The maximum absolute atomic E-state index is 12.4. The van der Waals surface area contributed by atoms with E-state index in [4.69, 9.17) is 9.47 Å². The van der Waals surface area contributed by atoms with E-state index in [9.17, 15) is 14.7 Å². The minimum absolute atomic E-state index is 0.0995. The molecule has 2 saturated heterocycles. The number of aliphatic hydroxyl groups is 1. The molecule has 2 N–H and O–H groups in total. The topological polar surface area (TPSA) is 84.9 Å². The van der Waals surface area contributed by atoms with Crippen molar-refractivity contribution in [3.8, 4) is 0 Å². The first kappa shape index (κ1) is 18.7. The minimum atomic E-state index is -0.975. The monoisotopic (exact) mass is 369 g/mol. The SMILES string of the molecule is O=C1CCCCC=CCCC[C@@H]2C[C@]([C@@H]3CSC(=O)N3)(C[C@H](O)O2)O1. The van der Waals surface area contributed by atoms with Gasteiger partial charge in [0.25, 0.3) is 5.24 Å². The number of ether oxygens (including phenoxy) is 2. The van der Waals surface area contributed by atoms with Gasteiger partial charge in [-0.2, -0.15) is 0 Å². The smallest absolute Gasteiger partial charge is 0.306 e. The number of allylic oxidation sites excluding steroid dienone is 2. The molecule has 4 atom stereocenters. The van der Waals surface area contributed by atoms with Crippen molar-refractivity contribution in [2.24, 2.45) is 0 Å². The fourth-order valence-corrected chi connectivity index (χ4v) is 4.80. The van der Waals surface area contributed by atoms with Crippen LogP contribution in [0.2, 0.25) is 0 Å². The molecule has 0 unspecified atom stereocenters. The van der Waals surface area contributed by atoms with E-state index in [1.807, 2.05) is 0 Å². The highest BCUT2D eigenvalue weighted by molar-refractivity contribution is 8.14. The summed E-state index contributed by atoms with van der Waals surface area (Å²) < 4.78 is 11.6. The fraction of sp³-hybridized carbons (Fsp3) is 0.778. The van der Waals surface area contributed by atoms with Crippen LogP contribution >= 0.6 is 11.8 Å². The number of amides is 1. The van der Waals surface area contributed by atoms with Crippen LogP contribution in [0.15, 0.2) is 12.2 Å². The number of carbonyl (C=O) groups is 2. The molecule has 0 aliphatic carbocycles. The number of hydrogen-bond donors (Lipinski definition) is 2. The van der Waals surface area contributed by atoms with Crippen LogP contribution in [0.1, 0.15) is 57.8 Å². The summed E-state index contributed by atoms with van der Waals surface area (Å²) in [5.41, 5.74) is -0.876. The molecule has 0 aromatic carbocycles. The van der Waals surface area contributed by atoms with Crippen molar-refractivity contribution in [3.05, 3.63) is 12.2 Å². The Morgan fingerprint density at radius 1 is 1.16 bits per heavy atom. The molecule has 7 heteroatoms. The van der Waals surface area contributed by atoms with Crippen LogP contribution in [0.3, 0.4) is 0 Å². The highest BCUT2D eigenvalue weighted by Gasteiger charge is 2.51. The van der Waals surface area contributed by atoms with Crippen LogP contribution in [0.25, 0.3) is 0 Å². The van der Waals surface area contributed by atoms with E-state index in [1.165, 1.54) is 11.8 Å². The van der Waals surface area contributed by atoms with Gasteiger partial charge < -0.3 is 19.9 Å². The van der Waals surface area contributed by atoms with Crippen molar-refractivity contribution >= 4 is 23.0 Å². The maximum atomic E-state index is 12.4. The molecule has 2 fully saturated rings. The predicted molar refractivity (Wildman–Crippen MR) is 95.2 cm³/mol. The summed E-state index contributed by atoms with van der Waals surface area (Å²) in [6.45, 7) is 0. The number of thioether (sulfide) groups is 1. The van der Waals surface area contributed by atoms with E-state index in [-0.39, 0.29) is 29.8 Å². The summed E-state index contributed by atoms with van der Waals surface area (Å²) in [6.07, 6.45) is 9.78. The Labute approximate surface area is 152 Å². The highest BCUT2D eigenvalue weighted by Crippen LogP contribution is 2.39. The maximum Gasteiger partial charge on any atom is 0.306 e. The van der Waals surface area contributed by atoms with Crippen molar-refractivity contribution < 1.29 is 24.2 Å². The van der Waals surface area contributed by atoms with E-state index < -0.39 is 11.9 Å². The van der Waals surface area contributed by atoms with E-state index in [0.29, 0.717) is 18.6 Å². The Morgan fingerprint density at radius 2 is 1.96 bits per heavy atom. The van der Waals surface area contributed by atoms with Gasteiger partial charge in [-0.25, -0.2) is 0 Å². The van der Waals surface area contributed by atoms with E-state index >= 15 is 0 Å². The van der Waals surface area contributed by atoms with Crippen LogP contribution in [0.5, 0.6) is 0 Å². The molecular formula is C18H27NO5S. The molecule has 3 rings (SSSR count). The Kier molecular flexibility index (Phi) is 6.41. The van der Waals surface area contributed by atoms with Gasteiger partial charge in [0.2, 0.25) is 0 Å². The molecule has 140 valence electrons. The van der Waals surface area contributed by atoms with Gasteiger partial charge in [-0.05, 0) is 38.5 Å². The van der Waals surface area contributed by atoms with Gasteiger partial charge in [0.05, 0.1) is 12.1 Å². The number of carbonyl (C=O) groups excluding carboxylic acids is 2. The molecule has 0 aromatic rings. The normalized spacial score (nSPS) is 37.9. The third-order valence-electron chi connectivity index (χ3n) is 5.13. The van der Waals surface area contributed by atoms with Crippen LogP contribution in [-0.2, 0) is 14.3 Å². The van der Waals surface area contributed by atoms with Crippen molar-refractivity contribution in [2.45, 2.75) is 81.8 Å². The number of hydrogen-bond acceptors (Lipinski definition) is 6. The third kappa shape index (κ3) is 4.99. The lowest BCUT2D eigenvalue weighted by Crippen LogP contribution is -2.59. The molecule has 0 radical (unpaired) electrons. The van der Waals surface area contributed by atoms with E-state index in [2.05, 4.69) is 17.5 Å². The van der Waals surface area contributed by atoms with Crippen LogP contribution in [0.4, 0.5) is 4.79 Å². The average molecular weight is 369 g/mol. The van der Waals surface area contributed by atoms with Gasteiger partial charge in [0.1, 0.15) is 5.60 Å². The zero-order valence-corrected chi connectivity index (χ0v) is 15.3. The summed E-state index contributed by atoms with van der Waals surface area (Å²) in [6, 6.07) is -0.275. The van der Waals surface area contributed by atoms with Gasteiger partial charge in [0.15, 0.2) is 6.29 Å². The van der Waals surface area contributed by atoms with Crippen LogP contribution in [-0.4, -0.2) is 46.1 Å². The summed E-state index contributed by atoms with van der Waals surface area (Å²) in [5.74, 6) is 0.300. The second-order valence-electron chi connectivity index (χ2n) is 7.10. The molecule has 25 heavy (non-hydrogen) atoms. The Bertz CT molecular complexity index is 526. The number of esters is 1. The molecule has 3 heterocycles. The Hall–Kier alpha value is -1.05. The largest absolute Gasteiger partial charge is 0.457 e. The third-order valence-corrected chi connectivity index (χ3v) is 6.01. The van der Waals surface area contributed by atoms with Gasteiger partial charge in [-0.3, -0.25) is 9.59 Å². The molecule has 6 nitrogen and oxygen atoms in total. The molecular weight excluding hydrogens is 342 g/mol. The number of nitrogens with one attached hydrogen (secondary N) is 1. The molecule has 2 bridgehead atoms. The summed E-state index contributed by atoms with van der Waals surface area (Å²) >= 11 is 1.20. The number of fused-ring (bicyclic) bond motifs is 2. The highest BCUT2D eigenvalue weighted by atomic mass is 32.2. The number of aliphatic hydroxyl groups excluding tert-OH is 1. The molecule has 3 aliphatic rings. The second kappa shape index (κ2) is 8.56. The molecule has 3 aliphatic heterocycles. The molecule has 1 amide bonds. The lowest BCUT2D eigenvalue weighted by Gasteiger charge is -2.45. The first-order valence-corrected chi connectivity index (χ1v) is 10.2.